The van der Waals surface area contributed by atoms with Crippen molar-refractivity contribution in [2.75, 3.05) is 13.7 Å². The second-order valence-corrected chi connectivity index (χ2v) is 8.36. The van der Waals surface area contributed by atoms with Crippen molar-refractivity contribution >= 4 is 29.1 Å². The number of carbonyl (C=O) groups is 3. The van der Waals surface area contributed by atoms with Gasteiger partial charge in [-0.1, -0.05) is 11.6 Å². The molecule has 1 aromatic heterocycles. The van der Waals surface area contributed by atoms with Crippen LogP contribution in [-0.4, -0.2) is 47.0 Å². The number of methoxy groups -OCH3 is 1. The van der Waals surface area contributed by atoms with Crippen molar-refractivity contribution in [1.82, 2.24) is 15.1 Å². The van der Waals surface area contributed by atoms with E-state index in [-0.39, 0.29) is 36.4 Å². The van der Waals surface area contributed by atoms with Crippen LogP contribution in [0.15, 0.2) is 24.5 Å². The first-order chi connectivity index (χ1) is 14.2. The number of aryl methyl sites for hydroxylation is 2. The zero-order chi connectivity index (χ0) is 22.0. The predicted molar refractivity (Wildman–Crippen MR) is 113 cm³/mol. The fraction of sp³-hybridized carbons (Fsp3) is 0.455. The number of carbonyl (C=O) groups excluding carboxylic acids is 3. The van der Waals surface area contributed by atoms with E-state index in [0.717, 1.165) is 22.4 Å². The maximum Gasteiger partial charge on any atom is 0.221 e. The second kappa shape index (κ2) is 9.10. The van der Waals surface area contributed by atoms with E-state index >= 15 is 0 Å². The second-order valence-electron chi connectivity index (χ2n) is 7.93. The summed E-state index contributed by atoms with van der Waals surface area (Å²) in [4.78, 5) is 38.1. The molecule has 0 aliphatic heterocycles. The fourth-order valence-electron chi connectivity index (χ4n) is 4.16. The Hall–Kier alpha value is -2.51. The van der Waals surface area contributed by atoms with Gasteiger partial charge < -0.3 is 10.1 Å². The van der Waals surface area contributed by atoms with Gasteiger partial charge >= 0.3 is 0 Å². The molecule has 1 aliphatic carbocycles. The van der Waals surface area contributed by atoms with Crippen LogP contribution < -0.4 is 5.32 Å². The van der Waals surface area contributed by atoms with Crippen molar-refractivity contribution in [3.8, 4) is 5.69 Å². The van der Waals surface area contributed by atoms with Crippen LogP contribution in [0, 0.1) is 19.8 Å². The predicted octanol–water partition coefficient (Wildman–Crippen LogP) is 2.93. The first-order valence-corrected chi connectivity index (χ1v) is 10.3. The average molecular weight is 432 g/mol. The molecule has 1 N–H and O–H groups in total. The molecule has 1 fully saturated rings. The van der Waals surface area contributed by atoms with Gasteiger partial charge in [-0.15, -0.1) is 0 Å². The molecular weight excluding hydrogens is 406 g/mol. The van der Waals surface area contributed by atoms with Crippen molar-refractivity contribution in [2.45, 2.75) is 45.6 Å². The van der Waals surface area contributed by atoms with E-state index in [4.69, 9.17) is 16.3 Å². The van der Waals surface area contributed by atoms with Crippen molar-refractivity contribution in [3.63, 3.8) is 0 Å². The van der Waals surface area contributed by atoms with E-state index in [1.165, 1.54) is 0 Å². The molecule has 7 nitrogen and oxygen atoms in total. The highest BCUT2D eigenvalue weighted by Gasteiger charge is 2.43. The third-order valence-corrected chi connectivity index (χ3v) is 5.59. The molecule has 3 atom stereocenters. The summed E-state index contributed by atoms with van der Waals surface area (Å²) in [6.07, 6.45) is 3.34. The minimum Gasteiger partial charge on any atom is -0.383 e. The lowest BCUT2D eigenvalue weighted by Crippen LogP contribution is -2.37. The maximum absolute atomic E-state index is 13.1. The number of ketones is 2. The number of hydrogen-bond donors (Lipinski definition) is 1. The Morgan fingerprint density at radius 1 is 1.33 bits per heavy atom. The van der Waals surface area contributed by atoms with Crippen LogP contribution in [-0.2, 0) is 19.1 Å². The van der Waals surface area contributed by atoms with Crippen LogP contribution in [0.5, 0.6) is 0 Å². The minimum absolute atomic E-state index is 0.0110. The van der Waals surface area contributed by atoms with Gasteiger partial charge in [-0.25, -0.2) is 4.68 Å². The number of ether oxygens (including phenoxy) is 1. The van der Waals surface area contributed by atoms with Crippen molar-refractivity contribution in [1.29, 1.82) is 0 Å². The quantitative estimate of drug-likeness (QED) is 0.680. The van der Waals surface area contributed by atoms with E-state index in [0.29, 0.717) is 11.6 Å². The van der Waals surface area contributed by atoms with Gasteiger partial charge in [0.15, 0.2) is 5.78 Å². The molecule has 0 bridgehead atoms. The molecule has 0 saturated heterocycles. The molecule has 2 aromatic rings. The zero-order valence-electron chi connectivity index (χ0n) is 17.6. The Balaban J connectivity index is 1.80. The molecule has 1 saturated carbocycles. The highest BCUT2D eigenvalue weighted by molar-refractivity contribution is 6.30. The molecule has 1 aromatic carbocycles. The molecule has 3 rings (SSSR count). The molecule has 0 spiro atoms. The van der Waals surface area contributed by atoms with Crippen LogP contribution in [0.3, 0.4) is 0 Å². The summed E-state index contributed by atoms with van der Waals surface area (Å²) in [5, 5.41) is 7.53. The van der Waals surface area contributed by atoms with Crippen molar-refractivity contribution in [3.05, 3.63) is 46.2 Å². The van der Waals surface area contributed by atoms with Crippen LogP contribution >= 0.6 is 11.6 Å². The van der Waals surface area contributed by atoms with Crippen LogP contribution in [0.4, 0.5) is 0 Å². The Morgan fingerprint density at radius 2 is 2.00 bits per heavy atom. The number of nitrogens with one attached hydrogen (secondary N) is 1. The standard InChI is InChI=1S/C22H26ClN3O4/c1-12-5-17(26-10-16(23)9-24-26)6-13(2)20(12)21-18(27)7-15(22(21)29)8-19(28)25-14(3)11-30-4/h5-6,9-10,14-15,21H,7-8,11H2,1-4H3,(H,25,28). The topological polar surface area (TPSA) is 90.3 Å². The molecule has 0 radical (unpaired) electrons. The lowest BCUT2D eigenvalue weighted by atomic mass is 9.87. The van der Waals surface area contributed by atoms with E-state index in [9.17, 15) is 14.4 Å². The highest BCUT2D eigenvalue weighted by atomic mass is 35.5. The first-order valence-electron chi connectivity index (χ1n) is 9.87. The Kier molecular flexibility index (Phi) is 6.73. The zero-order valence-corrected chi connectivity index (χ0v) is 18.3. The first kappa shape index (κ1) is 22.2. The molecule has 1 aliphatic rings. The molecular formula is C22H26ClN3O4. The van der Waals surface area contributed by atoms with Crippen LogP contribution in [0.25, 0.3) is 5.69 Å². The maximum atomic E-state index is 13.1. The Bertz CT molecular complexity index is 962. The van der Waals surface area contributed by atoms with E-state index in [1.54, 1.807) is 24.2 Å². The third-order valence-electron chi connectivity index (χ3n) is 5.40. The molecule has 1 heterocycles. The number of amides is 1. The van der Waals surface area contributed by atoms with Crippen LogP contribution in [0.1, 0.15) is 42.4 Å². The summed E-state index contributed by atoms with van der Waals surface area (Å²) in [7, 11) is 1.56. The number of benzene rings is 1. The number of hydrogen-bond acceptors (Lipinski definition) is 5. The summed E-state index contributed by atoms with van der Waals surface area (Å²) >= 11 is 5.96. The molecule has 8 heteroatoms. The summed E-state index contributed by atoms with van der Waals surface area (Å²) in [6.45, 7) is 5.97. The average Bonchev–Trinajstić information content (AvgIpc) is 3.19. The van der Waals surface area contributed by atoms with E-state index in [2.05, 4.69) is 10.4 Å². The third kappa shape index (κ3) is 4.63. The van der Waals surface area contributed by atoms with Crippen LogP contribution in [0.2, 0.25) is 5.02 Å². The summed E-state index contributed by atoms with van der Waals surface area (Å²) in [5.41, 5.74) is 3.20. The highest BCUT2D eigenvalue weighted by Crippen LogP contribution is 2.37. The summed E-state index contributed by atoms with van der Waals surface area (Å²) in [5.74, 6) is -1.99. The van der Waals surface area contributed by atoms with Gasteiger partial charge in [-0.2, -0.15) is 5.10 Å². The fourth-order valence-corrected chi connectivity index (χ4v) is 4.30. The van der Waals surface area contributed by atoms with Gasteiger partial charge in [0, 0.05) is 38.1 Å². The number of halogens is 1. The van der Waals surface area contributed by atoms with E-state index in [1.807, 2.05) is 32.9 Å². The number of rotatable bonds is 7. The van der Waals surface area contributed by atoms with Gasteiger partial charge in [0.2, 0.25) is 5.91 Å². The molecule has 1 amide bonds. The minimum atomic E-state index is -0.825. The van der Waals surface area contributed by atoms with Gasteiger partial charge in [0.25, 0.3) is 0 Å². The number of aromatic nitrogens is 2. The SMILES string of the molecule is COCC(C)NC(=O)CC1CC(=O)C(c2c(C)cc(-n3cc(Cl)cn3)cc2C)C1=O. The monoisotopic (exact) mass is 431 g/mol. The normalized spacial score (nSPS) is 19.9. The lowest BCUT2D eigenvalue weighted by Gasteiger charge is -2.17. The lowest BCUT2D eigenvalue weighted by molar-refractivity contribution is -0.129. The van der Waals surface area contributed by atoms with Crippen molar-refractivity contribution < 1.29 is 19.1 Å². The largest absolute Gasteiger partial charge is 0.383 e. The Labute approximate surface area is 180 Å². The number of Topliss-reactive ketones (excluding diaryl/α,β-unsaturated/α-hetero) is 2. The number of nitrogens with zero attached hydrogens (tertiary/aromatic N) is 2. The molecule has 30 heavy (non-hydrogen) atoms. The van der Waals surface area contributed by atoms with Crippen molar-refractivity contribution in [2.24, 2.45) is 5.92 Å². The van der Waals surface area contributed by atoms with Gasteiger partial charge in [0.1, 0.15) is 11.7 Å². The summed E-state index contributed by atoms with van der Waals surface area (Å²) in [6, 6.07) is 3.62. The smallest absolute Gasteiger partial charge is 0.221 e. The molecule has 160 valence electrons. The summed E-state index contributed by atoms with van der Waals surface area (Å²) < 4.78 is 6.66. The Morgan fingerprint density at radius 3 is 2.57 bits per heavy atom. The molecule has 3 unspecified atom stereocenters. The van der Waals surface area contributed by atoms with Gasteiger partial charge in [-0.05, 0) is 49.6 Å². The van der Waals surface area contributed by atoms with Gasteiger partial charge in [0.05, 0.1) is 23.5 Å². The van der Waals surface area contributed by atoms with E-state index < -0.39 is 11.8 Å². The van der Waals surface area contributed by atoms with Gasteiger partial charge in [-0.3, -0.25) is 14.4 Å².